The Labute approximate surface area is 183 Å². The van der Waals surface area contributed by atoms with Crippen LogP contribution in [0.15, 0.2) is 42.5 Å². The Kier molecular flexibility index (Phi) is 5.79. The number of nitrogens with zero attached hydrogens (tertiary/aromatic N) is 6. The van der Waals surface area contributed by atoms with E-state index in [1.54, 1.807) is 0 Å². The lowest BCUT2D eigenvalue weighted by Gasteiger charge is -2.41. The number of hydrogen-bond acceptors (Lipinski definition) is 5. The Morgan fingerprint density at radius 1 is 0.935 bits per heavy atom. The van der Waals surface area contributed by atoms with Crippen molar-refractivity contribution in [1.82, 2.24) is 25.1 Å². The largest absolute Gasteiger partial charge is 0.369 e. The quantitative estimate of drug-likeness (QED) is 0.634. The molecule has 0 amide bonds. The lowest BCUT2D eigenvalue weighted by Crippen LogP contribution is -2.49. The first-order valence-corrected chi connectivity index (χ1v) is 10.8. The van der Waals surface area contributed by atoms with E-state index in [9.17, 15) is 4.39 Å². The maximum absolute atomic E-state index is 13.6. The van der Waals surface area contributed by atoms with Gasteiger partial charge in [-0.1, -0.05) is 24.3 Å². The summed E-state index contributed by atoms with van der Waals surface area (Å²) in [4.78, 5) is 4.86. The third kappa shape index (κ3) is 4.46. The number of rotatable bonds is 4. The summed E-state index contributed by atoms with van der Waals surface area (Å²) < 4.78 is 15.5. The second-order valence-electron chi connectivity index (χ2n) is 9.39. The molecule has 164 valence electrons. The Balaban J connectivity index is 1.64. The second-order valence-corrected chi connectivity index (χ2v) is 9.39. The van der Waals surface area contributed by atoms with Crippen LogP contribution in [0, 0.1) is 19.7 Å². The van der Waals surface area contributed by atoms with Crippen molar-refractivity contribution in [1.29, 1.82) is 0 Å². The standard InChI is InChI=1S/C24H31FN6/c1-17-6-7-18(2)21(16-17)29-12-14-30(15-13-29)22(19-8-10-20(25)11-9-19)23-26-27-28-31(23)24(3,4)5/h6-11,16,22H,12-15H2,1-5H3. The normalized spacial score (nSPS) is 16.5. The molecule has 2 aromatic carbocycles. The van der Waals surface area contributed by atoms with E-state index < -0.39 is 0 Å². The lowest BCUT2D eigenvalue weighted by atomic mass is 10.0. The highest BCUT2D eigenvalue weighted by atomic mass is 19.1. The molecule has 1 unspecified atom stereocenters. The van der Waals surface area contributed by atoms with E-state index in [0.717, 1.165) is 37.6 Å². The van der Waals surface area contributed by atoms with Gasteiger partial charge in [0, 0.05) is 31.9 Å². The third-order valence-electron chi connectivity index (χ3n) is 5.94. The first-order valence-electron chi connectivity index (χ1n) is 10.8. The topological polar surface area (TPSA) is 50.1 Å². The highest BCUT2D eigenvalue weighted by Crippen LogP contribution is 2.32. The van der Waals surface area contributed by atoms with Gasteiger partial charge < -0.3 is 4.90 Å². The van der Waals surface area contributed by atoms with Crippen molar-refractivity contribution in [3.8, 4) is 0 Å². The molecular weight excluding hydrogens is 391 g/mol. The molecule has 0 bridgehead atoms. The summed E-state index contributed by atoms with van der Waals surface area (Å²) in [7, 11) is 0. The molecule has 1 aliphatic heterocycles. The molecule has 1 aromatic heterocycles. The Morgan fingerprint density at radius 2 is 1.61 bits per heavy atom. The van der Waals surface area contributed by atoms with Crippen molar-refractivity contribution < 1.29 is 4.39 Å². The molecule has 1 fully saturated rings. The van der Waals surface area contributed by atoms with E-state index in [4.69, 9.17) is 0 Å². The van der Waals surface area contributed by atoms with Crippen LogP contribution in [0.5, 0.6) is 0 Å². The van der Waals surface area contributed by atoms with Crippen molar-refractivity contribution in [3.05, 3.63) is 70.8 Å². The Morgan fingerprint density at radius 3 is 2.26 bits per heavy atom. The summed E-state index contributed by atoms with van der Waals surface area (Å²) in [5, 5.41) is 12.7. The minimum Gasteiger partial charge on any atom is -0.369 e. The summed E-state index contributed by atoms with van der Waals surface area (Å²) in [5.41, 5.74) is 4.62. The van der Waals surface area contributed by atoms with Gasteiger partial charge in [0.1, 0.15) is 5.82 Å². The number of hydrogen-bond donors (Lipinski definition) is 0. The fraction of sp³-hybridized carbons (Fsp3) is 0.458. The van der Waals surface area contributed by atoms with Crippen LogP contribution in [0.1, 0.15) is 49.3 Å². The van der Waals surface area contributed by atoms with E-state index in [1.165, 1.54) is 28.9 Å². The average molecular weight is 423 g/mol. The molecule has 31 heavy (non-hydrogen) atoms. The van der Waals surface area contributed by atoms with Crippen molar-refractivity contribution in [2.24, 2.45) is 0 Å². The Hall–Kier alpha value is -2.80. The summed E-state index contributed by atoms with van der Waals surface area (Å²) >= 11 is 0. The summed E-state index contributed by atoms with van der Waals surface area (Å²) in [6.45, 7) is 14.1. The number of aryl methyl sites for hydroxylation is 2. The Bertz CT molecular complexity index is 1030. The van der Waals surface area contributed by atoms with Gasteiger partial charge in [0.25, 0.3) is 0 Å². The SMILES string of the molecule is Cc1ccc(C)c(N2CCN(C(c3ccc(F)cc3)c3nnnn3C(C)(C)C)CC2)c1. The number of tetrazole rings is 1. The zero-order chi connectivity index (χ0) is 22.2. The molecule has 0 N–H and O–H groups in total. The van der Waals surface area contributed by atoms with E-state index in [2.05, 4.69) is 78.1 Å². The van der Waals surface area contributed by atoms with Crippen LogP contribution in [0.25, 0.3) is 0 Å². The summed E-state index contributed by atoms with van der Waals surface area (Å²) in [6, 6.07) is 13.2. The zero-order valence-electron chi connectivity index (χ0n) is 19.0. The fourth-order valence-corrected chi connectivity index (χ4v) is 4.29. The van der Waals surface area contributed by atoms with Crippen LogP contribution in [0.3, 0.4) is 0 Å². The zero-order valence-corrected chi connectivity index (χ0v) is 19.0. The van der Waals surface area contributed by atoms with Crippen LogP contribution in [0.2, 0.25) is 0 Å². The van der Waals surface area contributed by atoms with Crippen LogP contribution < -0.4 is 4.90 Å². The molecule has 1 saturated heterocycles. The molecule has 6 nitrogen and oxygen atoms in total. The molecule has 0 aliphatic carbocycles. The van der Waals surface area contributed by atoms with Gasteiger partial charge in [-0.15, -0.1) is 5.10 Å². The minimum absolute atomic E-state index is 0.129. The van der Waals surface area contributed by atoms with Crippen LogP contribution in [0.4, 0.5) is 10.1 Å². The number of halogens is 1. The maximum Gasteiger partial charge on any atom is 0.173 e. The molecule has 1 atom stereocenters. The number of benzene rings is 2. The molecule has 0 spiro atoms. The fourth-order valence-electron chi connectivity index (χ4n) is 4.29. The van der Waals surface area contributed by atoms with Gasteiger partial charge in [-0.25, -0.2) is 9.07 Å². The van der Waals surface area contributed by atoms with Gasteiger partial charge >= 0.3 is 0 Å². The van der Waals surface area contributed by atoms with E-state index in [1.807, 2.05) is 16.8 Å². The molecule has 0 radical (unpaired) electrons. The van der Waals surface area contributed by atoms with E-state index in [-0.39, 0.29) is 17.4 Å². The van der Waals surface area contributed by atoms with Crippen molar-refractivity contribution in [2.45, 2.75) is 46.2 Å². The lowest BCUT2D eigenvalue weighted by molar-refractivity contribution is 0.191. The van der Waals surface area contributed by atoms with Gasteiger partial charge in [-0.2, -0.15) is 0 Å². The predicted octanol–water partition coefficient (Wildman–Crippen LogP) is 4.10. The molecular formula is C24H31FN6. The van der Waals surface area contributed by atoms with Crippen molar-refractivity contribution >= 4 is 5.69 Å². The van der Waals surface area contributed by atoms with Gasteiger partial charge in [0.2, 0.25) is 0 Å². The monoisotopic (exact) mass is 422 g/mol. The summed E-state index contributed by atoms with van der Waals surface area (Å²) in [5.74, 6) is 0.553. The number of piperazine rings is 1. The molecule has 7 heteroatoms. The molecule has 4 rings (SSSR count). The molecule has 1 aliphatic rings. The third-order valence-corrected chi connectivity index (χ3v) is 5.94. The first-order chi connectivity index (χ1) is 14.7. The molecule has 0 saturated carbocycles. The number of anilines is 1. The van der Waals surface area contributed by atoms with Crippen LogP contribution in [-0.4, -0.2) is 51.3 Å². The first kappa shape index (κ1) is 21.4. The molecule has 3 aromatic rings. The van der Waals surface area contributed by atoms with E-state index in [0.29, 0.717) is 0 Å². The number of aromatic nitrogens is 4. The average Bonchev–Trinajstić information content (AvgIpc) is 3.22. The van der Waals surface area contributed by atoms with Gasteiger partial charge in [0.05, 0.1) is 11.6 Å². The van der Waals surface area contributed by atoms with Gasteiger partial charge in [-0.05, 0) is 79.9 Å². The van der Waals surface area contributed by atoms with Gasteiger partial charge in [0.15, 0.2) is 5.82 Å². The van der Waals surface area contributed by atoms with Crippen molar-refractivity contribution in [2.75, 3.05) is 31.1 Å². The molecule has 2 heterocycles. The summed E-state index contributed by atoms with van der Waals surface area (Å²) in [6.07, 6.45) is 0. The maximum atomic E-state index is 13.6. The van der Waals surface area contributed by atoms with Gasteiger partial charge in [-0.3, -0.25) is 4.90 Å². The minimum atomic E-state index is -0.252. The van der Waals surface area contributed by atoms with Crippen LogP contribution in [-0.2, 0) is 5.54 Å². The van der Waals surface area contributed by atoms with E-state index >= 15 is 0 Å². The van der Waals surface area contributed by atoms with Crippen molar-refractivity contribution in [3.63, 3.8) is 0 Å². The predicted molar refractivity (Wildman–Crippen MR) is 121 cm³/mol. The second kappa shape index (κ2) is 8.38. The highest BCUT2D eigenvalue weighted by molar-refractivity contribution is 5.55. The van der Waals surface area contributed by atoms with Crippen LogP contribution >= 0.6 is 0 Å². The highest BCUT2D eigenvalue weighted by Gasteiger charge is 2.33. The smallest absolute Gasteiger partial charge is 0.173 e.